The van der Waals surface area contributed by atoms with E-state index in [0.29, 0.717) is 0 Å². The second-order valence-electron chi connectivity index (χ2n) is 3.03. The van der Waals surface area contributed by atoms with E-state index in [9.17, 15) is 0 Å². The maximum atomic E-state index is 4.38. The minimum atomic E-state index is 0.832. The van der Waals surface area contributed by atoms with Gasteiger partial charge in [-0.05, 0) is 38.0 Å². The van der Waals surface area contributed by atoms with Crippen LogP contribution in [-0.2, 0) is 0 Å². The Kier molecular flexibility index (Phi) is 3.03. The van der Waals surface area contributed by atoms with E-state index in [2.05, 4.69) is 36.2 Å². The third-order valence-electron chi connectivity index (χ3n) is 1.91. The van der Waals surface area contributed by atoms with E-state index in [1.54, 1.807) is 0 Å². The van der Waals surface area contributed by atoms with Crippen molar-refractivity contribution in [3.63, 3.8) is 0 Å². The fourth-order valence-corrected chi connectivity index (χ4v) is 1.12. The van der Waals surface area contributed by atoms with Crippen molar-refractivity contribution in [3.8, 4) is 0 Å². The van der Waals surface area contributed by atoms with Crippen molar-refractivity contribution in [2.24, 2.45) is 4.99 Å². The molecule has 1 heteroatoms. The second-order valence-corrected chi connectivity index (χ2v) is 3.03. The highest BCUT2D eigenvalue weighted by Gasteiger charge is 1.98. The van der Waals surface area contributed by atoms with Gasteiger partial charge in [-0.2, -0.15) is 0 Å². The molecular formula is C11H15N. The first-order chi connectivity index (χ1) is 5.74. The van der Waals surface area contributed by atoms with Crippen molar-refractivity contribution in [2.45, 2.75) is 20.8 Å². The Morgan fingerprint density at radius 1 is 1.33 bits per heavy atom. The average Bonchev–Trinajstić information content (AvgIpc) is 2.20. The van der Waals surface area contributed by atoms with Crippen LogP contribution in [0.5, 0.6) is 0 Å². The molecule has 0 amide bonds. The summed E-state index contributed by atoms with van der Waals surface area (Å²) >= 11 is 0. The lowest BCUT2D eigenvalue weighted by molar-refractivity contribution is 1.12. The van der Waals surface area contributed by atoms with Crippen LogP contribution in [0, 0.1) is 0 Å². The minimum Gasteiger partial charge on any atom is -0.286 e. The van der Waals surface area contributed by atoms with Gasteiger partial charge >= 0.3 is 0 Å². The normalized spacial score (nSPS) is 18.4. The first-order valence-corrected chi connectivity index (χ1v) is 4.25. The van der Waals surface area contributed by atoms with Crippen LogP contribution < -0.4 is 0 Å². The van der Waals surface area contributed by atoms with Crippen LogP contribution in [0.4, 0.5) is 0 Å². The van der Waals surface area contributed by atoms with Crippen LogP contribution in [0.3, 0.4) is 0 Å². The topological polar surface area (TPSA) is 12.4 Å². The van der Waals surface area contributed by atoms with Gasteiger partial charge in [0.2, 0.25) is 0 Å². The molecule has 0 unspecified atom stereocenters. The molecule has 1 aliphatic rings. The number of aliphatic imine (C=N–C) groups is 1. The van der Waals surface area contributed by atoms with Crippen LogP contribution in [0.25, 0.3) is 0 Å². The molecule has 0 spiro atoms. The molecule has 0 N–H and O–H groups in total. The van der Waals surface area contributed by atoms with E-state index in [1.165, 1.54) is 11.1 Å². The Morgan fingerprint density at radius 2 is 2.08 bits per heavy atom. The summed E-state index contributed by atoms with van der Waals surface area (Å²) in [4.78, 5) is 4.38. The monoisotopic (exact) mass is 161 g/mol. The molecular weight excluding hydrogens is 146 g/mol. The molecule has 0 aromatic heterocycles. The smallest absolute Gasteiger partial charge is 0.0608 e. The van der Waals surface area contributed by atoms with Gasteiger partial charge in [0.1, 0.15) is 0 Å². The van der Waals surface area contributed by atoms with Gasteiger partial charge in [-0.25, -0.2) is 0 Å². The molecule has 0 aliphatic carbocycles. The Balaban J connectivity index is 2.93. The van der Waals surface area contributed by atoms with Crippen molar-refractivity contribution < 1.29 is 0 Å². The number of hydrogen-bond acceptors (Lipinski definition) is 1. The molecule has 0 radical (unpaired) electrons. The zero-order valence-corrected chi connectivity index (χ0v) is 7.96. The van der Waals surface area contributed by atoms with Crippen LogP contribution in [0.1, 0.15) is 20.8 Å². The Labute approximate surface area is 74.2 Å². The number of rotatable bonds is 1. The zero-order valence-electron chi connectivity index (χ0n) is 7.96. The number of allylic oxidation sites excluding steroid dienone is 5. The van der Waals surface area contributed by atoms with E-state index in [1.807, 2.05) is 13.8 Å². The first kappa shape index (κ1) is 8.98. The fourth-order valence-electron chi connectivity index (χ4n) is 1.12. The van der Waals surface area contributed by atoms with E-state index < -0.39 is 0 Å². The van der Waals surface area contributed by atoms with E-state index in [0.717, 1.165) is 12.3 Å². The molecule has 0 atom stereocenters. The van der Waals surface area contributed by atoms with E-state index in [4.69, 9.17) is 0 Å². The van der Waals surface area contributed by atoms with E-state index >= 15 is 0 Å². The van der Waals surface area contributed by atoms with Gasteiger partial charge in [0.15, 0.2) is 0 Å². The van der Waals surface area contributed by atoms with Crippen molar-refractivity contribution in [3.05, 3.63) is 35.5 Å². The lowest BCUT2D eigenvalue weighted by Gasteiger charge is -1.97. The summed E-state index contributed by atoms with van der Waals surface area (Å²) in [6, 6.07) is 0. The van der Waals surface area contributed by atoms with Crippen LogP contribution in [-0.4, -0.2) is 12.3 Å². The first-order valence-electron chi connectivity index (χ1n) is 4.25. The number of hydrogen-bond donors (Lipinski definition) is 0. The highest BCUT2D eigenvalue weighted by Crippen LogP contribution is 2.11. The predicted octanol–water partition coefficient (Wildman–Crippen LogP) is 2.91. The van der Waals surface area contributed by atoms with Crippen LogP contribution >= 0.6 is 0 Å². The molecule has 12 heavy (non-hydrogen) atoms. The highest BCUT2D eigenvalue weighted by molar-refractivity contribution is 5.93. The molecule has 0 aromatic rings. The predicted molar refractivity (Wildman–Crippen MR) is 54.6 cm³/mol. The Hall–Kier alpha value is -1.11. The zero-order chi connectivity index (χ0) is 8.97. The summed E-state index contributed by atoms with van der Waals surface area (Å²) in [6.07, 6.45) is 8.37. The highest BCUT2D eigenvalue weighted by atomic mass is 14.7. The van der Waals surface area contributed by atoms with E-state index in [-0.39, 0.29) is 0 Å². The van der Waals surface area contributed by atoms with Gasteiger partial charge in [0.25, 0.3) is 0 Å². The Morgan fingerprint density at radius 3 is 2.75 bits per heavy atom. The largest absolute Gasteiger partial charge is 0.286 e. The SMILES string of the molecule is C/C=C\C1=C(C)CN=C(C)C=C1. The lowest BCUT2D eigenvalue weighted by atomic mass is 10.1. The molecule has 0 fully saturated rings. The molecule has 0 bridgehead atoms. The van der Waals surface area contributed by atoms with Crippen LogP contribution in [0.2, 0.25) is 0 Å². The van der Waals surface area contributed by atoms with Gasteiger partial charge in [-0.3, -0.25) is 4.99 Å². The van der Waals surface area contributed by atoms with Crippen molar-refractivity contribution in [2.75, 3.05) is 6.54 Å². The maximum absolute atomic E-state index is 4.38. The van der Waals surface area contributed by atoms with Gasteiger partial charge in [0.05, 0.1) is 6.54 Å². The van der Waals surface area contributed by atoms with Gasteiger partial charge in [-0.15, -0.1) is 0 Å². The molecule has 0 saturated heterocycles. The fraction of sp³-hybridized carbons (Fsp3) is 0.364. The molecule has 1 rings (SSSR count). The van der Waals surface area contributed by atoms with Gasteiger partial charge < -0.3 is 0 Å². The van der Waals surface area contributed by atoms with Gasteiger partial charge in [0, 0.05) is 5.71 Å². The van der Waals surface area contributed by atoms with Crippen molar-refractivity contribution in [1.29, 1.82) is 0 Å². The van der Waals surface area contributed by atoms with Gasteiger partial charge in [-0.1, -0.05) is 18.2 Å². The molecule has 0 aromatic carbocycles. The molecule has 1 heterocycles. The maximum Gasteiger partial charge on any atom is 0.0608 e. The summed E-state index contributed by atoms with van der Waals surface area (Å²) in [7, 11) is 0. The lowest BCUT2D eigenvalue weighted by Crippen LogP contribution is -1.87. The molecule has 0 saturated carbocycles. The summed E-state index contributed by atoms with van der Waals surface area (Å²) in [5.74, 6) is 0. The minimum absolute atomic E-state index is 0.832. The summed E-state index contributed by atoms with van der Waals surface area (Å²) in [5, 5.41) is 0. The Bertz CT molecular complexity index is 277. The summed E-state index contributed by atoms with van der Waals surface area (Å²) < 4.78 is 0. The standard InChI is InChI=1S/C11H15N/c1-4-5-11-7-6-10(3)12-8-9(11)2/h4-7H,8H2,1-3H3/b5-4-. The second kappa shape index (κ2) is 4.05. The molecule has 1 nitrogen and oxygen atoms in total. The third-order valence-corrected chi connectivity index (χ3v) is 1.91. The molecule has 64 valence electrons. The average molecular weight is 161 g/mol. The van der Waals surface area contributed by atoms with Crippen molar-refractivity contribution >= 4 is 5.71 Å². The third kappa shape index (κ3) is 2.19. The quantitative estimate of drug-likeness (QED) is 0.560. The summed E-state index contributed by atoms with van der Waals surface area (Å²) in [6.45, 7) is 7.02. The van der Waals surface area contributed by atoms with Crippen molar-refractivity contribution in [1.82, 2.24) is 0 Å². The van der Waals surface area contributed by atoms with Crippen LogP contribution in [0.15, 0.2) is 40.4 Å². The number of nitrogens with zero attached hydrogens (tertiary/aromatic N) is 1. The molecule has 1 aliphatic heterocycles. The summed E-state index contributed by atoms with van der Waals surface area (Å²) in [5.41, 5.74) is 3.73.